The molecule has 7 heteroatoms. The van der Waals surface area contributed by atoms with E-state index >= 15 is 0 Å². The minimum atomic E-state index is -0.493. The van der Waals surface area contributed by atoms with Crippen LogP contribution in [0.3, 0.4) is 0 Å². The van der Waals surface area contributed by atoms with Crippen molar-refractivity contribution >= 4 is 33.7 Å². The van der Waals surface area contributed by atoms with Gasteiger partial charge in [0.1, 0.15) is 17.7 Å². The molecule has 3 aromatic heterocycles. The molecule has 142 valence electrons. The number of carbonyl (C=O) groups excluding carboxylic acids is 2. The summed E-state index contributed by atoms with van der Waals surface area (Å²) in [5.41, 5.74) is 3.13. The van der Waals surface area contributed by atoms with Crippen molar-refractivity contribution < 1.29 is 14.3 Å². The minimum Gasteiger partial charge on any atom is -0.457 e. The van der Waals surface area contributed by atoms with Crippen molar-refractivity contribution in [2.45, 2.75) is 33.3 Å². The number of aromatic nitrogens is 1. The first-order valence-corrected chi connectivity index (χ1v) is 9.88. The van der Waals surface area contributed by atoms with Crippen molar-refractivity contribution in [2.24, 2.45) is 5.92 Å². The van der Waals surface area contributed by atoms with E-state index < -0.39 is 5.97 Å². The first kappa shape index (κ1) is 18.3. The van der Waals surface area contributed by atoms with Crippen LogP contribution in [0.15, 0.2) is 30.6 Å². The molecule has 0 saturated heterocycles. The summed E-state index contributed by atoms with van der Waals surface area (Å²) in [5.74, 6) is -0.480. The Morgan fingerprint density at radius 1 is 1.36 bits per heavy atom. The van der Waals surface area contributed by atoms with Crippen molar-refractivity contribution in [3.63, 3.8) is 0 Å². The fraction of sp³-hybridized carbons (Fsp3) is 0.286. The highest BCUT2D eigenvalue weighted by atomic mass is 32.1. The second-order valence-corrected chi connectivity index (χ2v) is 8.19. The molecular weight excluding hydrogens is 374 g/mol. The van der Waals surface area contributed by atoms with Crippen LogP contribution in [0.4, 0.5) is 5.00 Å². The van der Waals surface area contributed by atoms with Crippen LogP contribution in [0.2, 0.25) is 0 Å². The molecule has 0 unspecified atom stereocenters. The van der Waals surface area contributed by atoms with Gasteiger partial charge in [0.05, 0.1) is 16.6 Å². The molecule has 0 spiro atoms. The van der Waals surface area contributed by atoms with Gasteiger partial charge in [0.15, 0.2) is 0 Å². The number of nitrogens with one attached hydrogen (secondary N) is 1. The summed E-state index contributed by atoms with van der Waals surface area (Å²) in [7, 11) is 0. The normalized spacial score (nSPS) is 13.3. The number of carbonyl (C=O) groups is 2. The van der Waals surface area contributed by atoms with E-state index in [2.05, 4.69) is 11.4 Å². The number of anilines is 1. The molecule has 1 amide bonds. The summed E-state index contributed by atoms with van der Waals surface area (Å²) in [5, 5.41) is 12.9. The third-order valence-electron chi connectivity index (χ3n) is 5.01. The van der Waals surface area contributed by atoms with Crippen molar-refractivity contribution in [1.82, 2.24) is 4.40 Å². The molecule has 6 nitrogen and oxygen atoms in total. The quantitative estimate of drug-likeness (QED) is 0.659. The van der Waals surface area contributed by atoms with Gasteiger partial charge in [-0.25, -0.2) is 4.79 Å². The second-order valence-electron chi connectivity index (χ2n) is 6.96. The molecule has 28 heavy (non-hydrogen) atoms. The van der Waals surface area contributed by atoms with E-state index in [0.29, 0.717) is 21.7 Å². The van der Waals surface area contributed by atoms with Gasteiger partial charge < -0.3 is 14.5 Å². The van der Waals surface area contributed by atoms with Gasteiger partial charge in [-0.3, -0.25) is 4.79 Å². The zero-order chi connectivity index (χ0) is 19.8. The maximum Gasteiger partial charge on any atom is 0.341 e. The number of rotatable bonds is 5. The summed E-state index contributed by atoms with van der Waals surface area (Å²) in [4.78, 5) is 25.9. The monoisotopic (exact) mass is 393 g/mol. The van der Waals surface area contributed by atoms with Crippen molar-refractivity contribution in [2.75, 3.05) is 5.32 Å². The molecule has 0 radical (unpaired) electrons. The van der Waals surface area contributed by atoms with E-state index in [1.54, 1.807) is 6.20 Å². The predicted octanol–water partition coefficient (Wildman–Crippen LogP) is 4.19. The lowest BCUT2D eigenvalue weighted by Crippen LogP contribution is -2.16. The van der Waals surface area contributed by atoms with E-state index in [1.165, 1.54) is 11.3 Å². The lowest BCUT2D eigenvalue weighted by Gasteiger charge is -2.08. The number of amides is 1. The van der Waals surface area contributed by atoms with Crippen molar-refractivity contribution in [1.29, 1.82) is 5.26 Å². The van der Waals surface area contributed by atoms with Gasteiger partial charge in [-0.2, -0.15) is 5.26 Å². The highest BCUT2D eigenvalue weighted by Crippen LogP contribution is 2.36. The fourth-order valence-electron chi connectivity index (χ4n) is 3.15. The van der Waals surface area contributed by atoms with Crippen LogP contribution < -0.4 is 5.32 Å². The average Bonchev–Trinajstić information content (AvgIpc) is 3.41. The maximum absolute atomic E-state index is 12.8. The van der Waals surface area contributed by atoms with Crippen LogP contribution in [-0.4, -0.2) is 16.3 Å². The average molecular weight is 393 g/mol. The number of hydrogen-bond acceptors (Lipinski definition) is 5. The zero-order valence-corrected chi connectivity index (χ0v) is 16.4. The lowest BCUT2D eigenvalue weighted by atomic mass is 10.1. The number of hydrogen-bond donors (Lipinski definition) is 1. The van der Waals surface area contributed by atoms with Crippen molar-refractivity contribution in [3.05, 3.63) is 57.7 Å². The summed E-state index contributed by atoms with van der Waals surface area (Å²) in [6, 6.07) is 7.77. The topological polar surface area (TPSA) is 83.6 Å². The third kappa shape index (κ3) is 3.27. The molecule has 1 saturated carbocycles. The Morgan fingerprint density at radius 2 is 2.14 bits per heavy atom. The smallest absolute Gasteiger partial charge is 0.341 e. The van der Waals surface area contributed by atoms with Crippen LogP contribution >= 0.6 is 11.3 Å². The molecular formula is C21H19N3O3S. The Bertz CT molecular complexity index is 1130. The number of fused-ring (bicyclic) bond motifs is 1. The molecule has 1 N–H and O–H groups in total. The molecule has 4 rings (SSSR count). The van der Waals surface area contributed by atoms with Crippen LogP contribution in [0.25, 0.3) is 5.52 Å². The van der Waals surface area contributed by atoms with E-state index in [0.717, 1.165) is 28.8 Å². The number of ether oxygens (including phenoxy) is 1. The number of nitriles is 1. The maximum atomic E-state index is 12.8. The standard InChI is InChI=1S/C21H19N3O3S/c1-12-13(2)28-20(23-19(25)14-6-7-14)18(12)21(26)27-11-15-10-24-8-4-3-5-17(24)16(15)9-22/h3-5,8,10,14H,6-7,11H2,1-2H3,(H,23,25). The summed E-state index contributed by atoms with van der Waals surface area (Å²) >= 11 is 1.39. The number of aryl methyl sites for hydroxylation is 1. The molecule has 1 aliphatic carbocycles. The van der Waals surface area contributed by atoms with E-state index in [9.17, 15) is 14.9 Å². The van der Waals surface area contributed by atoms with E-state index in [4.69, 9.17) is 4.74 Å². The molecule has 3 heterocycles. The van der Waals surface area contributed by atoms with Crippen LogP contribution in [-0.2, 0) is 16.1 Å². The van der Waals surface area contributed by atoms with E-state index in [1.807, 2.05) is 42.6 Å². The Balaban J connectivity index is 1.56. The summed E-state index contributed by atoms with van der Waals surface area (Å²) < 4.78 is 7.37. The Morgan fingerprint density at radius 3 is 2.86 bits per heavy atom. The van der Waals surface area contributed by atoms with Gasteiger partial charge in [-0.15, -0.1) is 11.3 Å². The zero-order valence-electron chi connectivity index (χ0n) is 15.6. The molecule has 0 bridgehead atoms. The Kier molecular flexibility index (Phi) is 4.65. The van der Waals surface area contributed by atoms with Crippen LogP contribution in [0.5, 0.6) is 0 Å². The summed E-state index contributed by atoms with van der Waals surface area (Å²) in [6.45, 7) is 3.76. The first-order chi connectivity index (χ1) is 13.5. The van der Waals surface area contributed by atoms with Gasteiger partial charge in [-0.05, 0) is 44.4 Å². The highest BCUT2D eigenvalue weighted by Gasteiger charge is 2.31. The number of thiophene rings is 1. The van der Waals surface area contributed by atoms with Crippen molar-refractivity contribution in [3.8, 4) is 6.07 Å². The number of nitrogens with zero attached hydrogens (tertiary/aromatic N) is 2. The molecule has 3 aromatic rings. The van der Waals surface area contributed by atoms with Crippen LogP contribution in [0.1, 0.15) is 44.8 Å². The SMILES string of the molecule is Cc1sc(NC(=O)C2CC2)c(C(=O)OCc2cn3ccccc3c2C#N)c1C. The van der Waals surface area contributed by atoms with Crippen LogP contribution in [0, 0.1) is 31.1 Å². The lowest BCUT2D eigenvalue weighted by molar-refractivity contribution is -0.117. The molecule has 1 aliphatic rings. The van der Waals surface area contributed by atoms with E-state index in [-0.39, 0.29) is 18.4 Å². The Hall–Kier alpha value is -3.11. The largest absolute Gasteiger partial charge is 0.457 e. The fourth-order valence-corrected chi connectivity index (χ4v) is 4.20. The van der Waals surface area contributed by atoms with Gasteiger partial charge in [0.25, 0.3) is 0 Å². The molecule has 0 atom stereocenters. The van der Waals surface area contributed by atoms with Gasteiger partial charge in [0, 0.05) is 28.8 Å². The third-order valence-corrected chi connectivity index (χ3v) is 6.13. The summed E-state index contributed by atoms with van der Waals surface area (Å²) in [6.07, 6.45) is 5.43. The Labute approximate surface area is 166 Å². The van der Waals surface area contributed by atoms with Gasteiger partial charge in [-0.1, -0.05) is 6.07 Å². The predicted molar refractivity (Wildman–Crippen MR) is 106 cm³/mol. The minimum absolute atomic E-state index is 0.00620. The molecule has 0 aliphatic heterocycles. The molecule has 1 fully saturated rings. The first-order valence-electron chi connectivity index (χ1n) is 9.06. The number of pyridine rings is 1. The van der Waals surface area contributed by atoms with Gasteiger partial charge in [0.2, 0.25) is 5.91 Å². The molecule has 0 aromatic carbocycles. The number of esters is 1. The van der Waals surface area contributed by atoms with Gasteiger partial charge >= 0.3 is 5.97 Å². The highest BCUT2D eigenvalue weighted by molar-refractivity contribution is 7.16. The second kappa shape index (κ2) is 7.13.